The van der Waals surface area contributed by atoms with E-state index in [-0.39, 0.29) is 11.3 Å². The molecule has 4 aromatic rings. The van der Waals surface area contributed by atoms with E-state index < -0.39 is 48.3 Å². The molecule has 15 heteroatoms. The summed E-state index contributed by atoms with van der Waals surface area (Å²) in [6.07, 6.45) is -7.35. The summed E-state index contributed by atoms with van der Waals surface area (Å²) in [5, 5.41) is 11.1. The second kappa shape index (κ2) is 10.9. The van der Waals surface area contributed by atoms with Crippen molar-refractivity contribution in [3.63, 3.8) is 0 Å². The highest BCUT2D eigenvalue weighted by Gasteiger charge is 2.44. The SMILES string of the molecule is O=C(Nc1cccc(C#Cc2cnc3cccnn23)c1)N1N=C(OC(=O)C(F)(F)F)CC1c1ccc(C(F)(F)F)cc1. The third-order valence-corrected chi connectivity index (χ3v) is 5.88. The normalized spacial score (nSPS) is 15.1. The van der Waals surface area contributed by atoms with Crippen LogP contribution >= 0.6 is 0 Å². The number of alkyl halides is 6. The molecule has 2 amide bonds. The number of fused-ring (bicyclic) bond motifs is 1. The van der Waals surface area contributed by atoms with Crippen molar-refractivity contribution >= 4 is 29.2 Å². The molecule has 1 aliphatic rings. The zero-order valence-corrected chi connectivity index (χ0v) is 20.9. The molecule has 9 nitrogen and oxygen atoms in total. The molecule has 42 heavy (non-hydrogen) atoms. The first kappa shape index (κ1) is 28.1. The van der Waals surface area contributed by atoms with Gasteiger partial charge >= 0.3 is 24.4 Å². The average molecular weight is 586 g/mol. The lowest BCUT2D eigenvalue weighted by molar-refractivity contribution is -0.191. The van der Waals surface area contributed by atoms with Gasteiger partial charge in [0.1, 0.15) is 5.69 Å². The predicted octanol–water partition coefficient (Wildman–Crippen LogP) is 5.55. The molecule has 2 aromatic carbocycles. The van der Waals surface area contributed by atoms with E-state index in [1.54, 1.807) is 30.5 Å². The third kappa shape index (κ3) is 6.17. The van der Waals surface area contributed by atoms with Crippen LogP contribution in [0.2, 0.25) is 0 Å². The number of nitrogens with zero attached hydrogens (tertiary/aromatic N) is 5. The van der Waals surface area contributed by atoms with Gasteiger partial charge in [-0.05, 0) is 53.9 Å². The van der Waals surface area contributed by atoms with Crippen molar-refractivity contribution in [2.75, 3.05) is 5.32 Å². The molecule has 2 aromatic heterocycles. The van der Waals surface area contributed by atoms with Crippen LogP contribution in [0, 0.1) is 11.8 Å². The quantitative estimate of drug-likeness (QED) is 0.189. The van der Waals surface area contributed by atoms with Crippen LogP contribution in [0.5, 0.6) is 0 Å². The highest BCUT2D eigenvalue weighted by molar-refractivity contribution is 5.96. The van der Waals surface area contributed by atoms with Gasteiger partial charge in [-0.15, -0.1) is 5.10 Å². The maximum Gasteiger partial charge on any atom is 0.491 e. The average Bonchev–Trinajstić information content (AvgIpc) is 3.56. The number of ether oxygens (including phenoxy) is 1. The van der Waals surface area contributed by atoms with Crippen molar-refractivity contribution in [2.45, 2.75) is 24.8 Å². The molecule has 1 aliphatic heterocycles. The molecule has 214 valence electrons. The fourth-order valence-electron chi connectivity index (χ4n) is 3.96. The molecule has 0 saturated carbocycles. The van der Waals surface area contributed by atoms with Gasteiger partial charge < -0.3 is 10.1 Å². The number of nitrogens with one attached hydrogen (secondary N) is 1. The Morgan fingerprint density at radius 2 is 1.74 bits per heavy atom. The van der Waals surface area contributed by atoms with E-state index >= 15 is 0 Å². The number of rotatable bonds is 2. The summed E-state index contributed by atoms with van der Waals surface area (Å²) >= 11 is 0. The molecule has 1 N–H and O–H groups in total. The highest BCUT2D eigenvalue weighted by Crippen LogP contribution is 2.35. The molecule has 1 unspecified atom stereocenters. The number of halogens is 6. The number of esters is 1. The Kier molecular flexibility index (Phi) is 7.29. The Bertz CT molecular complexity index is 1750. The van der Waals surface area contributed by atoms with Gasteiger partial charge in [0, 0.05) is 17.4 Å². The van der Waals surface area contributed by atoms with E-state index in [9.17, 15) is 35.9 Å². The van der Waals surface area contributed by atoms with Crippen molar-refractivity contribution in [1.29, 1.82) is 0 Å². The smallest absolute Gasteiger partial charge is 0.403 e. The molecule has 1 atom stereocenters. The maximum absolute atomic E-state index is 13.2. The fourth-order valence-corrected chi connectivity index (χ4v) is 3.96. The maximum atomic E-state index is 13.2. The largest absolute Gasteiger partial charge is 0.491 e. The van der Waals surface area contributed by atoms with E-state index in [0.29, 0.717) is 21.9 Å². The molecule has 0 aliphatic carbocycles. The first-order chi connectivity index (χ1) is 19.9. The van der Waals surface area contributed by atoms with Gasteiger partial charge in [0.2, 0.25) is 5.90 Å². The minimum Gasteiger partial charge on any atom is -0.403 e. The Balaban J connectivity index is 1.38. The number of hydrazone groups is 1. The first-order valence-corrected chi connectivity index (χ1v) is 11.9. The van der Waals surface area contributed by atoms with Gasteiger partial charge in [-0.3, -0.25) is 0 Å². The number of imidazole rings is 1. The number of benzene rings is 2. The number of aromatic nitrogens is 3. The van der Waals surface area contributed by atoms with Crippen LogP contribution in [0.3, 0.4) is 0 Å². The van der Waals surface area contributed by atoms with Crippen LogP contribution in [0.25, 0.3) is 5.65 Å². The standard InChI is InChI=1S/C27H16F6N6O3/c28-26(29,30)18-9-7-17(8-10-18)21-14-23(42-24(40)27(31,32)33)37-39(21)25(41)36-19-4-1-3-16(13-19)6-11-20-15-34-22-5-2-12-35-38(20)22/h1-5,7-10,12-13,15,21H,14H2,(H,36,41). The van der Waals surface area contributed by atoms with E-state index in [2.05, 4.69) is 37.1 Å². The predicted molar refractivity (Wildman–Crippen MR) is 135 cm³/mol. The number of urea groups is 1. The monoisotopic (exact) mass is 586 g/mol. The number of carbonyl (C=O) groups excluding carboxylic acids is 2. The number of anilines is 1. The molecule has 0 fully saturated rings. The number of hydrogen-bond acceptors (Lipinski definition) is 6. The topological polar surface area (TPSA) is 101 Å². The molecule has 0 saturated heterocycles. The summed E-state index contributed by atoms with van der Waals surface area (Å²) in [6, 6.07) is 11.3. The zero-order chi connectivity index (χ0) is 30.1. The molecular formula is C27H16F6N6O3. The number of carbonyl (C=O) groups is 2. The van der Waals surface area contributed by atoms with Crippen LogP contribution in [-0.4, -0.2) is 43.7 Å². The van der Waals surface area contributed by atoms with Gasteiger partial charge in [-0.2, -0.15) is 31.4 Å². The van der Waals surface area contributed by atoms with Crippen LogP contribution in [0.15, 0.2) is 78.2 Å². The zero-order valence-electron chi connectivity index (χ0n) is 20.9. The number of hydrogen-bond donors (Lipinski definition) is 1. The lowest BCUT2D eigenvalue weighted by atomic mass is 10.0. The molecular weight excluding hydrogens is 570 g/mol. The van der Waals surface area contributed by atoms with Crippen molar-refractivity contribution in [3.8, 4) is 11.8 Å². The molecule has 0 spiro atoms. The summed E-state index contributed by atoms with van der Waals surface area (Å²) < 4.78 is 83.1. The summed E-state index contributed by atoms with van der Waals surface area (Å²) in [5.74, 6) is 2.55. The van der Waals surface area contributed by atoms with E-state index in [0.717, 1.165) is 24.3 Å². The Morgan fingerprint density at radius 3 is 2.45 bits per heavy atom. The Labute approximate surface area is 232 Å². The lowest BCUT2D eigenvalue weighted by Gasteiger charge is -2.22. The first-order valence-electron chi connectivity index (χ1n) is 11.9. The summed E-state index contributed by atoms with van der Waals surface area (Å²) in [7, 11) is 0. The van der Waals surface area contributed by atoms with Crippen LogP contribution < -0.4 is 5.32 Å². The minimum absolute atomic E-state index is 0.112. The van der Waals surface area contributed by atoms with Gasteiger partial charge in [-0.1, -0.05) is 24.1 Å². The minimum atomic E-state index is -5.33. The van der Waals surface area contributed by atoms with E-state index in [4.69, 9.17) is 0 Å². The fraction of sp³-hybridized carbons (Fsp3) is 0.148. The lowest BCUT2D eigenvalue weighted by Crippen LogP contribution is -2.31. The van der Waals surface area contributed by atoms with Gasteiger partial charge in [-0.25, -0.2) is 24.1 Å². The molecule has 0 bridgehead atoms. The van der Waals surface area contributed by atoms with Crippen molar-refractivity contribution < 1.29 is 40.7 Å². The highest BCUT2D eigenvalue weighted by atomic mass is 19.4. The van der Waals surface area contributed by atoms with Crippen LogP contribution in [-0.2, 0) is 15.7 Å². The van der Waals surface area contributed by atoms with Crippen LogP contribution in [0.1, 0.15) is 34.8 Å². The molecule has 5 rings (SSSR count). The van der Waals surface area contributed by atoms with Crippen molar-refractivity contribution in [1.82, 2.24) is 19.6 Å². The Hall–Kier alpha value is -5.39. The second-order valence-corrected chi connectivity index (χ2v) is 8.76. The Morgan fingerprint density at radius 1 is 0.976 bits per heavy atom. The number of amides is 2. The van der Waals surface area contributed by atoms with Crippen LogP contribution in [0.4, 0.5) is 36.8 Å². The molecule has 0 radical (unpaired) electrons. The third-order valence-electron chi connectivity index (χ3n) is 5.88. The summed E-state index contributed by atoms with van der Waals surface area (Å²) in [4.78, 5) is 28.7. The summed E-state index contributed by atoms with van der Waals surface area (Å²) in [6.45, 7) is 0. The van der Waals surface area contributed by atoms with E-state index in [1.165, 1.54) is 22.8 Å². The van der Waals surface area contributed by atoms with E-state index in [1.807, 2.05) is 0 Å². The van der Waals surface area contributed by atoms with Gasteiger partial charge in [0.05, 0.1) is 24.2 Å². The molecule has 3 heterocycles. The summed E-state index contributed by atoms with van der Waals surface area (Å²) in [5.41, 5.74) is 0.945. The van der Waals surface area contributed by atoms with Crippen molar-refractivity contribution in [3.05, 3.63) is 95.4 Å². The van der Waals surface area contributed by atoms with Gasteiger partial charge in [0.15, 0.2) is 5.65 Å². The second-order valence-electron chi connectivity index (χ2n) is 8.76. The van der Waals surface area contributed by atoms with Crippen molar-refractivity contribution in [2.24, 2.45) is 5.10 Å². The van der Waals surface area contributed by atoms with Gasteiger partial charge in [0.25, 0.3) is 0 Å².